The molecular weight excluding hydrogens is 514 g/mol. The molecule has 0 spiro atoms. The van der Waals surface area contributed by atoms with Gasteiger partial charge >= 0.3 is 5.97 Å². The fourth-order valence-electron chi connectivity index (χ4n) is 5.68. The van der Waals surface area contributed by atoms with Crippen molar-refractivity contribution >= 4 is 11.8 Å². The van der Waals surface area contributed by atoms with E-state index in [0.717, 1.165) is 36.6 Å². The summed E-state index contributed by atoms with van der Waals surface area (Å²) in [5, 5.41) is 3.47. The van der Waals surface area contributed by atoms with Crippen LogP contribution in [0.25, 0.3) is 11.1 Å². The topological polar surface area (TPSA) is 76.6 Å². The molecule has 2 aliphatic heterocycles. The van der Waals surface area contributed by atoms with E-state index in [9.17, 15) is 9.18 Å². The van der Waals surface area contributed by atoms with Crippen LogP contribution >= 0.6 is 0 Å². The van der Waals surface area contributed by atoms with Gasteiger partial charge in [-0.1, -0.05) is 0 Å². The Morgan fingerprint density at radius 3 is 2.73 bits per heavy atom. The van der Waals surface area contributed by atoms with Crippen molar-refractivity contribution in [3.63, 3.8) is 0 Å². The summed E-state index contributed by atoms with van der Waals surface area (Å²) in [4.78, 5) is 23.1. The third-order valence-electron chi connectivity index (χ3n) is 7.80. The van der Waals surface area contributed by atoms with E-state index in [1.807, 2.05) is 12.3 Å². The van der Waals surface area contributed by atoms with Crippen molar-refractivity contribution in [1.82, 2.24) is 15.3 Å². The van der Waals surface area contributed by atoms with Gasteiger partial charge in [0.05, 0.1) is 12.5 Å². The third kappa shape index (κ3) is 6.58. The lowest BCUT2D eigenvalue weighted by Gasteiger charge is -2.32. The van der Waals surface area contributed by atoms with Crippen molar-refractivity contribution in [2.45, 2.75) is 58.1 Å². The summed E-state index contributed by atoms with van der Waals surface area (Å²) in [6.45, 7) is 6.71. The van der Waals surface area contributed by atoms with E-state index in [2.05, 4.69) is 33.2 Å². The number of benzene rings is 1. The first-order valence-electron chi connectivity index (χ1n) is 14.1. The summed E-state index contributed by atoms with van der Waals surface area (Å²) in [5.74, 6) is -0.643. The second-order valence-corrected chi connectivity index (χ2v) is 10.7. The second-order valence-electron chi connectivity index (χ2n) is 10.7. The number of rotatable bonds is 8. The molecule has 5 rings (SSSR count). The Morgan fingerprint density at radius 2 is 1.95 bits per heavy atom. The molecule has 1 aromatic carbocycles. The first kappa shape index (κ1) is 28.0. The Labute approximate surface area is 233 Å². The summed E-state index contributed by atoms with van der Waals surface area (Å²) in [6.07, 6.45) is 8.64. The van der Waals surface area contributed by atoms with Crippen LogP contribution < -0.4 is 15.0 Å². The van der Waals surface area contributed by atoms with Gasteiger partial charge < -0.3 is 19.7 Å². The van der Waals surface area contributed by atoms with Crippen molar-refractivity contribution in [1.29, 1.82) is 0 Å². The number of ether oxygens (including phenoxy) is 2. The zero-order chi connectivity index (χ0) is 28.1. The van der Waals surface area contributed by atoms with Crippen LogP contribution in [0.4, 0.5) is 14.6 Å². The Hall–Kier alpha value is -3.59. The van der Waals surface area contributed by atoms with Gasteiger partial charge in [0, 0.05) is 54.9 Å². The lowest BCUT2D eigenvalue weighted by molar-refractivity contribution is -0.148. The van der Waals surface area contributed by atoms with E-state index in [1.165, 1.54) is 6.07 Å². The molecule has 3 aromatic rings. The molecule has 2 fully saturated rings. The Bertz CT molecular complexity index is 1330. The minimum absolute atomic E-state index is 0.0135. The zero-order valence-corrected chi connectivity index (χ0v) is 23.0. The highest BCUT2D eigenvalue weighted by atomic mass is 19.1. The minimum atomic E-state index is -0.764. The molecule has 7 nitrogen and oxygen atoms in total. The number of pyridine rings is 2. The van der Waals surface area contributed by atoms with Gasteiger partial charge in [-0.2, -0.15) is 0 Å². The number of carbonyl (C=O) groups is 1. The van der Waals surface area contributed by atoms with Gasteiger partial charge in [-0.25, -0.2) is 13.8 Å². The maximum Gasteiger partial charge on any atom is 0.309 e. The number of aromatic nitrogens is 2. The van der Waals surface area contributed by atoms with Gasteiger partial charge in [0.1, 0.15) is 18.2 Å². The predicted molar refractivity (Wildman–Crippen MR) is 149 cm³/mol. The molecule has 0 saturated carbocycles. The largest absolute Gasteiger partial charge is 0.485 e. The molecule has 2 atom stereocenters. The number of halogens is 2. The molecule has 0 radical (unpaired) electrons. The Kier molecular flexibility index (Phi) is 8.89. The van der Waals surface area contributed by atoms with E-state index in [-0.39, 0.29) is 24.2 Å². The van der Waals surface area contributed by atoms with Crippen LogP contribution in [0.15, 0.2) is 48.9 Å². The van der Waals surface area contributed by atoms with Gasteiger partial charge in [-0.15, -0.1) is 0 Å². The van der Waals surface area contributed by atoms with Crippen LogP contribution in [0.2, 0.25) is 0 Å². The highest BCUT2D eigenvalue weighted by Gasteiger charge is 2.27. The standard InChI is InChI=1S/C31H36F2N4O3/c1-3-39-31(38)22-6-10-37(11-7-22)29-14-24(5-9-36-29)27-15-26(32)16-28(33)30(27)40-19-21-13-25(18-34-17-21)23-4-8-35-20(2)12-23/h5,9,13-18,20,22-23,35H,3-4,6-8,10-12,19H2,1-2H3. The van der Waals surface area contributed by atoms with Crippen molar-refractivity contribution in [3.8, 4) is 16.9 Å². The maximum absolute atomic E-state index is 15.1. The summed E-state index contributed by atoms with van der Waals surface area (Å²) in [6, 6.07) is 8.18. The normalized spacial score (nSPS) is 19.9. The molecule has 40 heavy (non-hydrogen) atoms. The lowest BCUT2D eigenvalue weighted by Crippen LogP contribution is -2.37. The van der Waals surface area contributed by atoms with E-state index >= 15 is 4.39 Å². The van der Waals surface area contributed by atoms with E-state index in [4.69, 9.17) is 9.47 Å². The molecule has 1 N–H and O–H groups in total. The maximum atomic E-state index is 15.1. The highest BCUT2D eigenvalue weighted by molar-refractivity contribution is 5.74. The number of esters is 1. The van der Waals surface area contributed by atoms with E-state index in [0.29, 0.717) is 61.4 Å². The number of anilines is 1. The summed E-state index contributed by atoms with van der Waals surface area (Å²) in [5.41, 5.74) is 2.90. The van der Waals surface area contributed by atoms with Crippen LogP contribution in [-0.4, -0.2) is 48.2 Å². The van der Waals surface area contributed by atoms with Gasteiger partial charge in [0.25, 0.3) is 0 Å². The molecule has 0 bridgehead atoms. The monoisotopic (exact) mass is 550 g/mol. The molecule has 2 aliphatic rings. The number of nitrogens with zero attached hydrogens (tertiary/aromatic N) is 3. The number of piperidine rings is 2. The number of hydrogen-bond donors (Lipinski definition) is 1. The molecular formula is C31H36F2N4O3. The quantitative estimate of drug-likeness (QED) is 0.364. The second kappa shape index (κ2) is 12.7. The van der Waals surface area contributed by atoms with Crippen LogP contribution in [0.5, 0.6) is 5.75 Å². The number of nitrogens with one attached hydrogen (secondary N) is 1. The van der Waals surface area contributed by atoms with Crippen LogP contribution in [0.1, 0.15) is 56.6 Å². The first-order valence-corrected chi connectivity index (χ1v) is 14.1. The smallest absolute Gasteiger partial charge is 0.309 e. The van der Waals surface area contributed by atoms with E-state index in [1.54, 1.807) is 25.4 Å². The molecule has 0 aliphatic carbocycles. The van der Waals surface area contributed by atoms with E-state index < -0.39 is 11.6 Å². The van der Waals surface area contributed by atoms with Gasteiger partial charge in [0.15, 0.2) is 11.6 Å². The van der Waals surface area contributed by atoms with Crippen molar-refractivity contribution in [2.75, 3.05) is 31.1 Å². The SMILES string of the molecule is CCOC(=O)C1CCN(c2cc(-c3cc(F)cc(F)c3OCc3cncc(C4CCNC(C)C4)c3)ccn2)CC1. The van der Waals surface area contributed by atoms with Gasteiger partial charge in [0.2, 0.25) is 0 Å². The lowest BCUT2D eigenvalue weighted by atomic mass is 9.87. The molecule has 4 heterocycles. The van der Waals surface area contributed by atoms with Crippen LogP contribution in [0.3, 0.4) is 0 Å². The molecule has 2 unspecified atom stereocenters. The summed E-state index contributed by atoms with van der Waals surface area (Å²) in [7, 11) is 0. The summed E-state index contributed by atoms with van der Waals surface area (Å²) < 4.78 is 40.7. The average molecular weight is 551 g/mol. The highest BCUT2D eigenvalue weighted by Crippen LogP contribution is 2.36. The third-order valence-corrected chi connectivity index (χ3v) is 7.80. The summed E-state index contributed by atoms with van der Waals surface area (Å²) >= 11 is 0. The van der Waals surface area contributed by atoms with Gasteiger partial charge in [-0.05, 0) is 87.4 Å². The fraction of sp³-hybridized carbons (Fsp3) is 0.452. The fourth-order valence-corrected chi connectivity index (χ4v) is 5.68. The Morgan fingerprint density at radius 1 is 1.12 bits per heavy atom. The van der Waals surface area contributed by atoms with Crippen LogP contribution in [-0.2, 0) is 16.1 Å². The number of carbonyl (C=O) groups excluding carboxylic acids is 1. The first-order chi connectivity index (χ1) is 19.4. The van der Waals surface area contributed by atoms with Crippen molar-refractivity contribution in [3.05, 3.63) is 71.7 Å². The molecule has 2 aromatic heterocycles. The van der Waals surface area contributed by atoms with Crippen molar-refractivity contribution < 1.29 is 23.0 Å². The zero-order valence-electron chi connectivity index (χ0n) is 23.0. The van der Waals surface area contributed by atoms with Crippen molar-refractivity contribution in [2.24, 2.45) is 5.92 Å². The van der Waals surface area contributed by atoms with Crippen LogP contribution in [0, 0.1) is 17.6 Å². The van der Waals surface area contributed by atoms with Gasteiger partial charge in [-0.3, -0.25) is 9.78 Å². The number of hydrogen-bond acceptors (Lipinski definition) is 7. The molecule has 2 saturated heterocycles. The average Bonchev–Trinajstić information content (AvgIpc) is 2.97. The predicted octanol–water partition coefficient (Wildman–Crippen LogP) is 5.64. The molecule has 9 heteroatoms. The molecule has 0 amide bonds. The molecule has 212 valence electrons. The Balaban J connectivity index is 1.33. The minimum Gasteiger partial charge on any atom is -0.485 e.